The predicted molar refractivity (Wildman–Crippen MR) is 126 cm³/mol. The number of piperidine rings is 1. The number of methoxy groups -OCH3 is 1. The van der Waals surface area contributed by atoms with Gasteiger partial charge in [0.2, 0.25) is 0 Å². The molecule has 7 heteroatoms. The van der Waals surface area contributed by atoms with E-state index < -0.39 is 28.9 Å². The third-order valence-corrected chi connectivity index (χ3v) is 5.62. The number of rotatable bonds is 5. The first-order valence-corrected chi connectivity index (χ1v) is 11.7. The van der Waals surface area contributed by atoms with Crippen LogP contribution in [0.3, 0.4) is 0 Å². The maximum Gasteiger partial charge on any atom is 0.410 e. The predicted octanol–water partition coefficient (Wildman–Crippen LogP) is 6.03. The molecule has 1 fully saturated rings. The van der Waals surface area contributed by atoms with Crippen molar-refractivity contribution in [3.63, 3.8) is 0 Å². The zero-order valence-corrected chi connectivity index (χ0v) is 21.6. The second-order valence-corrected chi connectivity index (χ2v) is 11.1. The van der Waals surface area contributed by atoms with Crippen molar-refractivity contribution in [1.82, 2.24) is 4.90 Å². The molecule has 1 saturated heterocycles. The molecule has 0 aliphatic carbocycles. The van der Waals surface area contributed by atoms with Crippen LogP contribution in [0, 0.1) is 11.7 Å². The van der Waals surface area contributed by atoms with Gasteiger partial charge in [0.1, 0.15) is 11.2 Å². The highest BCUT2D eigenvalue weighted by molar-refractivity contribution is 5.80. The molecule has 33 heavy (non-hydrogen) atoms. The van der Waals surface area contributed by atoms with Gasteiger partial charge >= 0.3 is 12.1 Å². The Hall–Kier alpha value is -2.31. The van der Waals surface area contributed by atoms with E-state index in [0.29, 0.717) is 31.5 Å². The molecule has 0 saturated carbocycles. The molecule has 0 radical (unpaired) electrons. The maximum atomic E-state index is 15.0. The number of hydrogen-bond acceptors (Lipinski definition) is 5. The molecule has 1 aromatic carbocycles. The zero-order valence-electron chi connectivity index (χ0n) is 21.6. The summed E-state index contributed by atoms with van der Waals surface area (Å²) < 4.78 is 31.6. The molecule has 1 atom stereocenters. The van der Waals surface area contributed by atoms with Crippen molar-refractivity contribution >= 4 is 12.1 Å². The lowest BCUT2D eigenvalue weighted by Crippen LogP contribution is -2.44. The molecule has 1 aliphatic heterocycles. The van der Waals surface area contributed by atoms with Crippen LogP contribution < -0.4 is 4.74 Å². The van der Waals surface area contributed by atoms with Gasteiger partial charge in [-0.3, -0.25) is 4.79 Å². The second-order valence-electron chi connectivity index (χ2n) is 11.1. The van der Waals surface area contributed by atoms with Crippen LogP contribution in [0.25, 0.3) is 0 Å². The lowest BCUT2D eigenvalue weighted by molar-refractivity contribution is -0.158. The van der Waals surface area contributed by atoms with Gasteiger partial charge in [-0.15, -0.1) is 0 Å². The minimum Gasteiger partial charge on any atom is -0.493 e. The Morgan fingerprint density at radius 1 is 1.00 bits per heavy atom. The summed E-state index contributed by atoms with van der Waals surface area (Å²) >= 11 is 0. The van der Waals surface area contributed by atoms with Crippen LogP contribution in [0.4, 0.5) is 9.18 Å². The summed E-state index contributed by atoms with van der Waals surface area (Å²) in [4.78, 5) is 27.6. The van der Waals surface area contributed by atoms with Crippen molar-refractivity contribution in [2.24, 2.45) is 5.92 Å². The smallest absolute Gasteiger partial charge is 0.410 e. The van der Waals surface area contributed by atoms with Gasteiger partial charge in [-0.1, -0.05) is 19.9 Å². The van der Waals surface area contributed by atoms with E-state index in [-0.39, 0.29) is 23.7 Å². The summed E-state index contributed by atoms with van der Waals surface area (Å²) in [5, 5.41) is 0. The van der Waals surface area contributed by atoms with Gasteiger partial charge < -0.3 is 19.1 Å². The molecular weight excluding hydrogens is 425 g/mol. The Morgan fingerprint density at radius 2 is 1.55 bits per heavy atom. The standard InChI is InChI=1S/C26H40FNO5/c1-16(2)18-14-19(22(31-9)20(27)15-18)21(23(29)32-25(3,4)5)17-10-12-28(13-11-17)24(30)33-26(6,7)8/h14-17,21H,10-13H2,1-9H3. The molecule has 1 unspecified atom stereocenters. The largest absolute Gasteiger partial charge is 0.493 e. The van der Waals surface area contributed by atoms with Crippen LogP contribution in [0.2, 0.25) is 0 Å². The number of benzene rings is 1. The van der Waals surface area contributed by atoms with Crippen molar-refractivity contribution in [1.29, 1.82) is 0 Å². The van der Waals surface area contributed by atoms with Crippen LogP contribution in [0.5, 0.6) is 5.75 Å². The van der Waals surface area contributed by atoms with Gasteiger partial charge in [0, 0.05) is 18.7 Å². The molecular formula is C26H40FNO5. The molecule has 1 amide bonds. The summed E-state index contributed by atoms with van der Waals surface area (Å²) in [5.74, 6) is -1.57. The second kappa shape index (κ2) is 10.3. The lowest BCUT2D eigenvalue weighted by Gasteiger charge is -2.37. The highest BCUT2D eigenvalue weighted by Crippen LogP contribution is 2.41. The van der Waals surface area contributed by atoms with Crippen molar-refractivity contribution in [3.05, 3.63) is 29.1 Å². The molecule has 0 N–H and O–H groups in total. The lowest BCUT2D eigenvalue weighted by atomic mass is 9.78. The fourth-order valence-corrected chi connectivity index (χ4v) is 4.10. The molecule has 0 aromatic heterocycles. The van der Waals surface area contributed by atoms with Gasteiger partial charge in [0.05, 0.1) is 13.0 Å². The summed E-state index contributed by atoms with van der Waals surface area (Å²) in [6, 6.07) is 3.33. The third kappa shape index (κ3) is 7.34. The van der Waals surface area contributed by atoms with Crippen LogP contribution in [0.1, 0.15) is 91.2 Å². The highest BCUT2D eigenvalue weighted by Gasteiger charge is 2.39. The first kappa shape index (κ1) is 26.9. The van der Waals surface area contributed by atoms with Crippen LogP contribution in [0.15, 0.2) is 12.1 Å². The average Bonchev–Trinajstić information content (AvgIpc) is 2.65. The van der Waals surface area contributed by atoms with E-state index in [1.165, 1.54) is 13.2 Å². The van der Waals surface area contributed by atoms with Gasteiger partial charge in [-0.2, -0.15) is 0 Å². The van der Waals surface area contributed by atoms with Gasteiger partial charge in [-0.25, -0.2) is 9.18 Å². The maximum absolute atomic E-state index is 15.0. The zero-order chi connectivity index (χ0) is 25.1. The van der Waals surface area contributed by atoms with Crippen molar-refractivity contribution in [2.75, 3.05) is 20.2 Å². The Bertz CT molecular complexity index is 845. The van der Waals surface area contributed by atoms with E-state index in [2.05, 4.69) is 0 Å². The molecule has 186 valence electrons. The fourth-order valence-electron chi connectivity index (χ4n) is 4.10. The first-order chi connectivity index (χ1) is 15.1. The van der Waals surface area contributed by atoms with E-state index in [9.17, 15) is 14.0 Å². The number of hydrogen-bond donors (Lipinski definition) is 0. The van der Waals surface area contributed by atoms with Crippen LogP contribution >= 0.6 is 0 Å². The molecule has 6 nitrogen and oxygen atoms in total. The minimum absolute atomic E-state index is 0.0739. The van der Waals surface area contributed by atoms with E-state index in [4.69, 9.17) is 14.2 Å². The van der Waals surface area contributed by atoms with E-state index in [0.717, 1.165) is 5.56 Å². The molecule has 1 aromatic rings. The normalized spacial score (nSPS) is 16.5. The summed E-state index contributed by atoms with van der Waals surface area (Å²) in [5.41, 5.74) is 0.0394. The van der Waals surface area contributed by atoms with Gasteiger partial charge in [0.25, 0.3) is 0 Å². The van der Waals surface area contributed by atoms with Gasteiger partial charge in [-0.05, 0) is 77.8 Å². The number of amides is 1. The Kier molecular flexibility index (Phi) is 8.41. The van der Waals surface area contributed by atoms with Gasteiger partial charge in [0.15, 0.2) is 11.6 Å². The number of likely N-dealkylation sites (tertiary alicyclic amines) is 1. The number of nitrogens with zero attached hydrogens (tertiary/aromatic N) is 1. The Morgan fingerprint density at radius 3 is 2.00 bits per heavy atom. The van der Waals surface area contributed by atoms with Crippen molar-refractivity contribution in [3.8, 4) is 5.75 Å². The molecule has 1 aliphatic rings. The number of esters is 1. The van der Waals surface area contributed by atoms with Crippen molar-refractivity contribution in [2.45, 2.75) is 91.3 Å². The number of carbonyl (C=O) groups excluding carboxylic acids is 2. The first-order valence-electron chi connectivity index (χ1n) is 11.7. The monoisotopic (exact) mass is 465 g/mol. The minimum atomic E-state index is -0.701. The number of ether oxygens (including phenoxy) is 3. The quantitative estimate of drug-likeness (QED) is 0.497. The number of halogens is 1. The molecule has 2 rings (SSSR count). The average molecular weight is 466 g/mol. The third-order valence-electron chi connectivity index (χ3n) is 5.62. The van der Waals surface area contributed by atoms with E-state index in [1.54, 1.807) is 4.90 Å². The molecule has 0 spiro atoms. The Balaban J connectivity index is 2.40. The van der Waals surface area contributed by atoms with Crippen LogP contribution in [-0.2, 0) is 14.3 Å². The summed E-state index contributed by atoms with van der Waals surface area (Å²) in [6.07, 6.45) is 0.778. The summed E-state index contributed by atoms with van der Waals surface area (Å²) in [7, 11) is 1.41. The molecule has 1 heterocycles. The highest BCUT2D eigenvalue weighted by atomic mass is 19.1. The SMILES string of the molecule is COc1c(F)cc(C(C)C)cc1C(C(=O)OC(C)(C)C)C1CCN(C(=O)OC(C)(C)C)CC1. The number of carbonyl (C=O) groups is 2. The van der Waals surface area contributed by atoms with E-state index in [1.807, 2.05) is 61.5 Å². The summed E-state index contributed by atoms with van der Waals surface area (Å²) in [6.45, 7) is 15.8. The van der Waals surface area contributed by atoms with E-state index >= 15 is 0 Å². The van der Waals surface area contributed by atoms with Crippen LogP contribution in [-0.4, -0.2) is 48.4 Å². The topological polar surface area (TPSA) is 65.1 Å². The van der Waals surface area contributed by atoms with Crippen molar-refractivity contribution < 1.29 is 28.2 Å². The molecule has 0 bridgehead atoms. The Labute approximate surface area is 197 Å². The fraction of sp³-hybridized carbons (Fsp3) is 0.692.